The van der Waals surface area contributed by atoms with Crippen molar-refractivity contribution >= 4 is 17.5 Å². The molecule has 0 radical (unpaired) electrons. The van der Waals surface area contributed by atoms with Gasteiger partial charge in [0.15, 0.2) is 0 Å². The zero-order chi connectivity index (χ0) is 19.1. The number of urea groups is 1. The Bertz CT molecular complexity index is 728. The van der Waals surface area contributed by atoms with Gasteiger partial charge in [-0.05, 0) is 43.7 Å². The molecule has 2 heterocycles. The molecule has 0 atom stereocenters. The number of piperazine rings is 1. The highest BCUT2D eigenvalue weighted by Crippen LogP contribution is 2.15. The van der Waals surface area contributed by atoms with Crippen molar-refractivity contribution in [2.45, 2.75) is 13.8 Å². The Hall–Kier alpha value is -2.76. The molecule has 0 spiro atoms. The van der Waals surface area contributed by atoms with Crippen molar-refractivity contribution in [3.8, 4) is 0 Å². The largest absolute Gasteiger partial charge is 0.370 e. The van der Waals surface area contributed by atoms with Crippen LogP contribution in [0.4, 0.5) is 16.3 Å². The third kappa shape index (κ3) is 5.12. The molecule has 0 bridgehead atoms. The van der Waals surface area contributed by atoms with E-state index in [9.17, 15) is 4.79 Å². The summed E-state index contributed by atoms with van der Waals surface area (Å²) in [5.74, 6) is 0.981. The van der Waals surface area contributed by atoms with Crippen molar-refractivity contribution in [2.24, 2.45) is 0 Å². The van der Waals surface area contributed by atoms with E-state index in [0.29, 0.717) is 6.54 Å². The summed E-state index contributed by atoms with van der Waals surface area (Å²) in [7, 11) is 0. The maximum absolute atomic E-state index is 12.5. The van der Waals surface area contributed by atoms with E-state index in [1.165, 1.54) is 11.3 Å². The number of benzene rings is 1. The number of carbonyl (C=O) groups excluding carboxylic acids is 1. The minimum Gasteiger partial charge on any atom is -0.370 e. The molecule has 1 saturated heterocycles. The van der Waals surface area contributed by atoms with Crippen LogP contribution in [0.15, 0.2) is 48.7 Å². The minimum atomic E-state index is 0.0240. The van der Waals surface area contributed by atoms with Crippen molar-refractivity contribution < 1.29 is 4.79 Å². The molecule has 1 fully saturated rings. The number of aromatic nitrogens is 1. The van der Waals surface area contributed by atoms with Gasteiger partial charge in [-0.2, -0.15) is 0 Å². The molecule has 3 rings (SSSR count). The third-order valence-electron chi connectivity index (χ3n) is 4.95. The molecule has 0 unspecified atom stereocenters. The fraction of sp³-hybridized carbons (Fsp3) is 0.429. The average molecular weight is 367 g/mol. The van der Waals surface area contributed by atoms with E-state index in [1.807, 2.05) is 29.3 Å². The van der Waals surface area contributed by atoms with E-state index in [0.717, 1.165) is 45.1 Å². The maximum atomic E-state index is 12.5. The summed E-state index contributed by atoms with van der Waals surface area (Å²) in [6.07, 6.45) is 1.81. The molecular formula is C21H29N5O. The second kappa shape index (κ2) is 9.26. The van der Waals surface area contributed by atoms with Gasteiger partial charge in [-0.3, -0.25) is 0 Å². The van der Waals surface area contributed by atoms with E-state index in [-0.39, 0.29) is 6.03 Å². The van der Waals surface area contributed by atoms with Gasteiger partial charge in [-0.15, -0.1) is 0 Å². The number of pyridine rings is 1. The van der Waals surface area contributed by atoms with Crippen molar-refractivity contribution in [3.05, 3.63) is 54.2 Å². The molecule has 0 aliphatic carbocycles. The first-order valence-electron chi connectivity index (χ1n) is 9.67. The number of carbonyl (C=O) groups is 1. The Morgan fingerprint density at radius 1 is 1.15 bits per heavy atom. The molecule has 1 aliphatic heterocycles. The van der Waals surface area contributed by atoms with Crippen molar-refractivity contribution in [2.75, 3.05) is 55.6 Å². The smallest absolute Gasteiger partial charge is 0.317 e. The summed E-state index contributed by atoms with van der Waals surface area (Å²) in [5, 5.41) is 3.07. The summed E-state index contributed by atoms with van der Waals surface area (Å²) in [6, 6.07) is 14.4. The van der Waals surface area contributed by atoms with Gasteiger partial charge in [-0.1, -0.05) is 18.2 Å². The maximum Gasteiger partial charge on any atom is 0.317 e. The predicted octanol–water partition coefficient (Wildman–Crippen LogP) is 2.75. The summed E-state index contributed by atoms with van der Waals surface area (Å²) < 4.78 is 0. The van der Waals surface area contributed by atoms with Gasteiger partial charge >= 0.3 is 6.03 Å². The quantitative estimate of drug-likeness (QED) is 0.853. The van der Waals surface area contributed by atoms with Crippen LogP contribution < -0.4 is 15.1 Å². The standard InChI is InChI=1S/C21H29N5O/c1-3-24(19-8-6-7-18(2)17-19)12-11-23-21(27)26-15-13-25(14-16-26)20-9-4-5-10-22-20/h4-10,17H,3,11-16H2,1-2H3,(H,23,27). The number of rotatable bonds is 6. The zero-order valence-corrected chi connectivity index (χ0v) is 16.3. The van der Waals surface area contributed by atoms with Crippen LogP contribution in [-0.4, -0.2) is 61.7 Å². The van der Waals surface area contributed by atoms with Gasteiger partial charge in [-0.25, -0.2) is 9.78 Å². The Kier molecular flexibility index (Phi) is 6.52. The molecule has 2 amide bonds. The SMILES string of the molecule is CCN(CCNC(=O)N1CCN(c2ccccn2)CC1)c1cccc(C)c1. The van der Waals surface area contributed by atoms with Crippen LogP contribution in [0.25, 0.3) is 0 Å². The number of aryl methyl sites for hydroxylation is 1. The third-order valence-corrected chi connectivity index (χ3v) is 4.95. The summed E-state index contributed by atoms with van der Waals surface area (Å²) in [6.45, 7) is 9.67. The summed E-state index contributed by atoms with van der Waals surface area (Å²) >= 11 is 0. The van der Waals surface area contributed by atoms with Gasteiger partial charge in [0, 0.05) is 57.7 Å². The normalized spacial score (nSPS) is 14.1. The molecule has 6 nitrogen and oxygen atoms in total. The van der Waals surface area contributed by atoms with E-state index in [1.54, 1.807) is 0 Å². The topological polar surface area (TPSA) is 51.7 Å². The lowest BCUT2D eigenvalue weighted by Crippen LogP contribution is -2.52. The molecule has 27 heavy (non-hydrogen) atoms. The molecular weight excluding hydrogens is 338 g/mol. The van der Waals surface area contributed by atoms with Crippen LogP contribution in [0.5, 0.6) is 0 Å². The Morgan fingerprint density at radius 2 is 1.96 bits per heavy atom. The summed E-state index contributed by atoms with van der Waals surface area (Å²) in [4.78, 5) is 23.2. The van der Waals surface area contributed by atoms with Crippen molar-refractivity contribution in [1.82, 2.24) is 15.2 Å². The highest BCUT2D eigenvalue weighted by Gasteiger charge is 2.21. The first kappa shape index (κ1) is 19.0. The van der Waals surface area contributed by atoms with E-state index in [2.05, 4.69) is 58.2 Å². The average Bonchev–Trinajstić information content (AvgIpc) is 2.72. The van der Waals surface area contributed by atoms with Gasteiger partial charge in [0.05, 0.1) is 0 Å². The number of likely N-dealkylation sites (N-methyl/N-ethyl adjacent to an activating group) is 1. The molecule has 6 heteroatoms. The molecule has 0 saturated carbocycles. The minimum absolute atomic E-state index is 0.0240. The number of hydrogen-bond donors (Lipinski definition) is 1. The first-order valence-corrected chi connectivity index (χ1v) is 9.67. The Labute approximate surface area is 161 Å². The van der Waals surface area contributed by atoms with Crippen LogP contribution >= 0.6 is 0 Å². The lowest BCUT2D eigenvalue weighted by Gasteiger charge is -2.35. The molecule has 1 aromatic heterocycles. The van der Waals surface area contributed by atoms with Crippen LogP contribution in [-0.2, 0) is 0 Å². The van der Waals surface area contributed by atoms with Crippen LogP contribution in [0, 0.1) is 6.92 Å². The first-order chi connectivity index (χ1) is 13.2. The monoisotopic (exact) mass is 367 g/mol. The van der Waals surface area contributed by atoms with Crippen LogP contribution in [0.2, 0.25) is 0 Å². The van der Waals surface area contributed by atoms with E-state index >= 15 is 0 Å². The summed E-state index contributed by atoms with van der Waals surface area (Å²) in [5.41, 5.74) is 2.46. The highest BCUT2D eigenvalue weighted by atomic mass is 16.2. The second-order valence-electron chi connectivity index (χ2n) is 6.81. The second-order valence-corrected chi connectivity index (χ2v) is 6.81. The number of nitrogens with one attached hydrogen (secondary N) is 1. The number of amides is 2. The van der Waals surface area contributed by atoms with Crippen molar-refractivity contribution in [1.29, 1.82) is 0 Å². The molecule has 1 aliphatic rings. The Balaban J connectivity index is 1.43. The number of hydrogen-bond acceptors (Lipinski definition) is 4. The lowest BCUT2D eigenvalue weighted by atomic mass is 10.2. The molecule has 2 aromatic rings. The fourth-order valence-electron chi connectivity index (χ4n) is 3.38. The van der Waals surface area contributed by atoms with Crippen molar-refractivity contribution in [3.63, 3.8) is 0 Å². The highest BCUT2D eigenvalue weighted by molar-refractivity contribution is 5.74. The lowest BCUT2D eigenvalue weighted by molar-refractivity contribution is 0.194. The van der Waals surface area contributed by atoms with Crippen LogP contribution in [0.1, 0.15) is 12.5 Å². The van der Waals surface area contributed by atoms with Crippen LogP contribution in [0.3, 0.4) is 0 Å². The fourth-order valence-corrected chi connectivity index (χ4v) is 3.38. The number of anilines is 2. The molecule has 1 aromatic carbocycles. The van der Waals surface area contributed by atoms with Gasteiger partial charge < -0.3 is 20.0 Å². The van der Waals surface area contributed by atoms with E-state index < -0.39 is 0 Å². The van der Waals surface area contributed by atoms with E-state index in [4.69, 9.17) is 0 Å². The molecule has 144 valence electrons. The number of nitrogens with zero attached hydrogens (tertiary/aromatic N) is 4. The predicted molar refractivity (Wildman–Crippen MR) is 110 cm³/mol. The van der Waals surface area contributed by atoms with Gasteiger partial charge in [0.1, 0.15) is 5.82 Å². The van der Waals surface area contributed by atoms with Gasteiger partial charge in [0.25, 0.3) is 0 Å². The molecule has 1 N–H and O–H groups in total. The Morgan fingerprint density at radius 3 is 2.63 bits per heavy atom. The van der Waals surface area contributed by atoms with Gasteiger partial charge in [0.2, 0.25) is 0 Å². The zero-order valence-electron chi connectivity index (χ0n) is 16.3.